The van der Waals surface area contributed by atoms with Crippen LogP contribution in [0.15, 0.2) is 95.8 Å². The number of rotatable bonds is 10. The molecule has 10 heteroatoms. The average molecular weight is 556 g/mol. The molecular weight excluding hydrogens is 522 g/mol. The molecule has 5 rings (SSSR count). The molecule has 3 aromatic carbocycles. The summed E-state index contributed by atoms with van der Waals surface area (Å²) in [5, 5.41) is 13.2. The van der Waals surface area contributed by atoms with E-state index in [4.69, 9.17) is 14.0 Å². The number of nitrogens with one attached hydrogen (secondary N) is 3. The van der Waals surface area contributed by atoms with E-state index in [1.54, 1.807) is 0 Å². The van der Waals surface area contributed by atoms with E-state index in [2.05, 4.69) is 26.1 Å². The monoisotopic (exact) mass is 555 g/mol. The fourth-order valence-corrected chi connectivity index (χ4v) is 5.08. The number of aryl methyl sites for hydroxylation is 1. The van der Waals surface area contributed by atoms with Gasteiger partial charge in [-0.2, -0.15) is 4.98 Å². The highest BCUT2D eigenvalue weighted by atomic mass is 16.5. The summed E-state index contributed by atoms with van der Waals surface area (Å²) < 4.78 is 15.8. The van der Waals surface area contributed by atoms with Crippen LogP contribution in [0.2, 0.25) is 0 Å². The second kappa shape index (κ2) is 13.7. The third-order valence-electron chi connectivity index (χ3n) is 7.18. The summed E-state index contributed by atoms with van der Waals surface area (Å²) in [6.07, 6.45) is 2.06. The van der Waals surface area contributed by atoms with Crippen molar-refractivity contribution >= 4 is 17.7 Å². The molecule has 0 aliphatic carbocycles. The molecule has 0 radical (unpaired) electrons. The zero-order valence-corrected chi connectivity index (χ0v) is 22.7. The second-order valence-corrected chi connectivity index (χ2v) is 9.80. The summed E-state index contributed by atoms with van der Waals surface area (Å²) in [6.45, 7) is 1.10. The number of ether oxygens (including phenoxy) is 2. The van der Waals surface area contributed by atoms with E-state index in [9.17, 15) is 9.59 Å². The summed E-state index contributed by atoms with van der Waals surface area (Å²) in [5.41, 5.74) is 3.44. The van der Waals surface area contributed by atoms with E-state index in [0.717, 1.165) is 23.1 Å². The van der Waals surface area contributed by atoms with Crippen LogP contribution in [0.4, 0.5) is 10.5 Å². The quantitative estimate of drug-likeness (QED) is 0.265. The van der Waals surface area contributed by atoms with Crippen molar-refractivity contribution in [1.29, 1.82) is 0 Å². The van der Waals surface area contributed by atoms with Crippen LogP contribution in [0, 0.1) is 0 Å². The molecule has 1 aliphatic heterocycles. The number of morpholine rings is 1. The number of aromatic nitrogens is 2. The highest BCUT2D eigenvalue weighted by molar-refractivity contribution is 5.98. The summed E-state index contributed by atoms with van der Waals surface area (Å²) in [6, 6.07) is 25.9. The normalized spacial score (nSPS) is 17.5. The van der Waals surface area contributed by atoms with Gasteiger partial charge in [-0.3, -0.25) is 4.79 Å². The van der Waals surface area contributed by atoms with Gasteiger partial charge in [0.15, 0.2) is 5.82 Å². The van der Waals surface area contributed by atoms with E-state index in [-0.39, 0.29) is 18.1 Å². The molecule has 0 bridgehead atoms. The molecule has 2 heterocycles. The SMILES string of the molecule is COC(=O)NC(C(=O)Nc1ccccc1CCC1CNC(c2ncon2)CO1)C(c1ccccc1)c1ccccc1. The Kier molecular flexibility index (Phi) is 9.35. The van der Waals surface area contributed by atoms with Gasteiger partial charge in [0.2, 0.25) is 12.3 Å². The van der Waals surface area contributed by atoms with Gasteiger partial charge in [-0.15, -0.1) is 0 Å². The predicted molar refractivity (Wildman–Crippen MR) is 152 cm³/mol. The molecule has 1 aliphatic rings. The van der Waals surface area contributed by atoms with Crippen molar-refractivity contribution in [2.45, 2.75) is 36.9 Å². The van der Waals surface area contributed by atoms with Crippen molar-refractivity contribution < 1.29 is 23.6 Å². The minimum atomic E-state index is -0.937. The molecule has 1 fully saturated rings. The first-order chi connectivity index (χ1) is 20.1. The van der Waals surface area contributed by atoms with Gasteiger partial charge < -0.3 is 29.9 Å². The van der Waals surface area contributed by atoms with Gasteiger partial charge in [0.05, 0.1) is 25.9 Å². The number of anilines is 1. The smallest absolute Gasteiger partial charge is 0.407 e. The molecule has 10 nitrogen and oxygen atoms in total. The summed E-state index contributed by atoms with van der Waals surface area (Å²) in [7, 11) is 1.28. The molecule has 212 valence electrons. The van der Waals surface area contributed by atoms with Crippen LogP contribution in [0.3, 0.4) is 0 Å². The van der Waals surface area contributed by atoms with E-state index < -0.39 is 18.1 Å². The molecule has 4 aromatic rings. The summed E-state index contributed by atoms with van der Waals surface area (Å²) in [4.78, 5) is 30.5. The van der Waals surface area contributed by atoms with Crippen molar-refractivity contribution in [1.82, 2.24) is 20.8 Å². The fraction of sp³-hybridized carbons (Fsp3) is 0.290. The first-order valence-corrected chi connectivity index (χ1v) is 13.6. The molecule has 1 aromatic heterocycles. The number of hydrogen-bond donors (Lipinski definition) is 3. The maximum absolute atomic E-state index is 13.9. The van der Waals surface area contributed by atoms with E-state index in [1.807, 2.05) is 84.9 Å². The number of hydrogen-bond acceptors (Lipinski definition) is 8. The number of amides is 2. The van der Waals surface area contributed by atoms with Gasteiger partial charge in [0, 0.05) is 18.2 Å². The molecule has 0 spiro atoms. The van der Waals surface area contributed by atoms with Crippen molar-refractivity contribution in [2.24, 2.45) is 0 Å². The van der Waals surface area contributed by atoms with Crippen LogP contribution in [-0.2, 0) is 20.7 Å². The molecule has 3 N–H and O–H groups in total. The average Bonchev–Trinajstić information content (AvgIpc) is 3.57. The first kappa shape index (κ1) is 28.0. The Morgan fingerprint density at radius 2 is 1.68 bits per heavy atom. The predicted octanol–water partition coefficient (Wildman–Crippen LogP) is 4.23. The second-order valence-electron chi connectivity index (χ2n) is 9.80. The van der Waals surface area contributed by atoms with Crippen LogP contribution in [0.5, 0.6) is 0 Å². The number of carbonyl (C=O) groups is 2. The highest BCUT2D eigenvalue weighted by Crippen LogP contribution is 2.30. The maximum Gasteiger partial charge on any atom is 0.407 e. The van der Waals surface area contributed by atoms with Crippen molar-refractivity contribution in [3.63, 3.8) is 0 Å². The molecule has 1 saturated heterocycles. The lowest BCUT2D eigenvalue weighted by molar-refractivity contribution is -0.118. The molecule has 3 atom stereocenters. The lowest BCUT2D eigenvalue weighted by Gasteiger charge is -2.29. The number of carbonyl (C=O) groups excluding carboxylic acids is 2. The Labute approximate surface area is 238 Å². The number of nitrogens with zero attached hydrogens (tertiary/aromatic N) is 2. The highest BCUT2D eigenvalue weighted by Gasteiger charge is 2.33. The van der Waals surface area contributed by atoms with Crippen LogP contribution in [0.25, 0.3) is 0 Å². The van der Waals surface area contributed by atoms with Crippen molar-refractivity contribution in [2.75, 3.05) is 25.6 Å². The van der Waals surface area contributed by atoms with Crippen molar-refractivity contribution in [3.8, 4) is 0 Å². The van der Waals surface area contributed by atoms with E-state index in [0.29, 0.717) is 31.1 Å². The molecule has 3 unspecified atom stereocenters. The molecule has 41 heavy (non-hydrogen) atoms. The fourth-order valence-electron chi connectivity index (χ4n) is 5.08. The third kappa shape index (κ3) is 7.16. The third-order valence-corrected chi connectivity index (χ3v) is 7.18. The topological polar surface area (TPSA) is 128 Å². The standard InChI is InChI=1S/C31H33N5O5/c1-39-31(38)35-28(27(22-11-4-2-5-12-22)23-13-6-3-7-14-23)30(37)34-25-15-9-8-10-21(25)16-17-24-18-32-26(19-40-24)29-33-20-41-36-29/h2-15,20,24,26-28,32H,16-19H2,1H3,(H,34,37)(H,35,38). The zero-order chi connectivity index (χ0) is 28.4. The van der Waals surface area contributed by atoms with Crippen LogP contribution in [0.1, 0.15) is 40.9 Å². The largest absolute Gasteiger partial charge is 0.453 e. The van der Waals surface area contributed by atoms with Crippen LogP contribution >= 0.6 is 0 Å². The lowest BCUT2D eigenvalue weighted by Crippen LogP contribution is -2.48. The van der Waals surface area contributed by atoms with E-state index >= 15 is 0 Å². The molecule has 2 amide bonds. The summed E-state index contributed by atoms with van der Waals surface area (Å²) >= 11 is 0. The Bertz CT molecular complexity index is 1350. The summed E-state index contributed by atoms with van der Waals surface area (Å²) in [5.74, 6) is -0.215. The van der Waals surface area contributed by atoms with Gasteiger partial charge in [0.1, 0.15) is 6.04 Å². The number of methoxy groups -OCH3 is 1. The Morgan fingerprint density at radius 1 is 1.00 bits per heavy atom. The Morgan fingerprint density at radius 3 is 2.29 bits per heavy atom. The molecule has 0 saturated carbocycles. The first-order valence-electron chi connectivity index (χ1n) is 13.6. The van der Waals surface area contributed by atoms with Gasteiger partial charge >= 0.3 is 6.09 Å². The van der Waals surface area contributed by atoms with Crippen molar-refractivity contribution in [3.05, 3.63) is 114 Å². The lowest BCUT2D eigenvalue weighted by atomic mass is 9.84. The van der Waals surface area contributed by atoms with Crippen LogP contribution < -0.4 is 16.0 Å². The minimum absolute atomic E-state index is 0.00353. The van der Waals surface area contributed by atoms with Gasteiger partial charge in [-0.25, -0.2) is 4.79 Å². The zero-order valence-electron chi connectivity index (χ0n) is 22.7. The Hall–Kier alpha value is -4.54. The van der Waals surface area contributed by atoms with Gasteiger partial charge in [0.25, 0.3) is 0 Å². The number of benzene rings is 3. The minimum Gasteiger partial charge on any atom is -0.453 e. The number of para-hydroxylation sites is 1. The van der Waals surface area contributed by atoms with Gasteiger partial charge in [-0.1, -0.05) is 84.0 Å². The Balaban J connectivity index is 1.31. The maximum atomic E-state index is 13.9. The number of alkyl carbamates (subject to hydrolysis) is 1. The van der Waals surface area contributed by atoms with Gasteiger partial charge in [-0.05, 0) is 35.6 Å². The van der Waals surface area contributed by atoms with Crippen LogP contribution in [-0.4, -0.2) is 54.5 Å². The van der Waals surface area contributed by atoms with E-state index in [1.165, 1.54) is 13.5 Å². The molecular formula is C31H33N5O5.